The number of anilines is 1. The number of rotatable bonds is 5. The number of thiazole rings is 1. The topological polar surface area (TPSA) is 36.4 Å². The third-order valence-electron chi connectivity index (χ3n) is 3.79. The molecule has 2 unspecified atom stereocenters. The summed E-state index contributed by atoms with van der Waals surface area (Å²) < 4.78 is 0. The quantitative estimate of drug-likeness (QED) is 0.889. The molecule has 0 bridgehead atoms. The van der Waals surface area contributed by atoms with Crippen molar-refractivity contribution < 1.29 is 5.11 Å². The lowest BCUT2D eigenvalue weighted by Gasteiger charge is -2.23. The maximum atomic E-state index is 10.0. The SMILES string of the molecule is CCC(C)CN(CC)c1nc2c(s1)C(O)CCC2. The molecule has 0 radical (unpaired) electrons. The van der Waals surface area contributed by atoms with E-state index in [1.807, 2.05) is 0 Å². The Morgan fingerprint density at radius 1 is 1.50 bits per heavy atom. The van der Waals surface area contributed by atoms with Crippen LogP contribution in [0.25, 0.3) is 0 Å². The summed E-state index contributed by atoms with van der Waals surface area (Å²) in [5.41, 5.74) is 1.14. The van der Waals surface area contributed by atoms with Crippen molar-refractivity contribution in [1.29, 1.82) is 0 Å². The first-order valence-electron chi connectivity index (χ1n) is 7.08. The molecular formula is C14H24N2OS. The van der Waals surface area contributed by atoms with E-state index < -0.39 is 0 Å². The van der Waals surface area contributed by atoms with Gasteiger partial charge in [-0.05, 0) is 32.1 Å². The molecule has 3 nitrogen and oxygen atoms in total. The van der Waals surface area contributed by atoms with Crippen LogP contribution in [0.3, 0.4) is 0 Å². The Kier molecular flexibility index (Phi) is 4.62. The van der Waals surface area contributed by atoms with Gasteiger partial charge in [0.1, 0.15) is 0 Å². The Labute approximate surface area is 114 Å². The number of hydrogen-bond donors (Lipinski definition) is 1. The van der Waals surface area contributed by atoms with E-state index in [2.05, 4.69) is 25.7 Å². The van der Waals surface area contributed by atoms with Gasteiger partial charge in [-0.25, -0.2) is 4.98 Å². The second-order valence-corrected chi connectivity index (χ2v) is 6.28. The number of aryl methyl sites for hydroxylation is 1. The van der Waals surface area contributed by atoms with E-state index >= 15 is 0 Å². The zero-order chi connectivity index (χ0) is 13.1. The molecule has 4 heteroatoms. The average molecular weight is 268 g/mol. The van der Waals surface area contributed by atoms with Crippen molar-refractivity contribution in [1.82, 2.24) is 4.98 Å². The Morgan fingerprint density at radius 2 is 2.28 bits per heavy atom. The van der Waals surface area contributed by atoms with Gasteiger partial charge in [0, 0.05) is 13.1 Å². The molecule has 1 aromatic heterocycles. The first-order chi connectivity index (χ1) is 8.65. The number of aliphatic hydroxyl groups excluding tert-OH is 1. The molecular weight excluding hydrogens is 244 g/mol. The number of hydrogen-bond acceptors (Lipinski definition) is 4. The fraction of sp³-hybridized carbons (Fsp3) is 0.786. The fourth-order valence-corrected chi connectivity index (χ4v) is 3.57. The molecule has 1 N–H and O–H groups in total. The lowest BCUT2D eigenvalue weighted by atomic mass is 10.0. The van der Waals surface area contributed by atoms with Crippen LogP contribution in [0.4, 0.5) is 5.13 Å². The van der Waals surface area contributed by atoms with E-state index in [-0.39, 0.29) is 6.10 Å². The van der Waals surface area contributed by atoms with Gasteiger partial charge in [0.2, 0.25) is 0 Å². The largest absolute Gasteiger partial charge is 0.388 e. The van der Waals surface area contributed by atoms with Crippen molar-refractivity contribution in [3.8, 4) is 0 Å². The van der Waals surface area contributed by atoms with Crippen molar-refractivity contribution in [2.45, 2.75) is 52.6 Å². The van der Waals surface area contributed by atoms with Crippen LogP contribution in [0.15, 0.2) is 0 Å². The summed E-state index contributed by atoms with van der Waals surface area (Å²) in [6.45, 7) is 8.75. The van der Waals surface area contributed by atoms with E-state index in [9.17, 15) is 5.11 Å². The minimum atomic E-state index is -0.276. The normalized spacial score (nSPS) is 20.6. The number of aromatic nitrogens is 1. The number of fused-ring (bicyclic) bond motifs is 1. The molecule has 0 aromatic carbocycles. The third-order valence-corrected chi connectivity index (χ3v) is 5.05. The molecule has 0 spiro atoms. The van der Waals surface area contributed by atoms with Crippen LogP contribution in [-0.2, 0) is 6.42 Å². The smallest absolute Gasteiger partial charge is 0.185 e. The molecule has 0 saturated heterocycles. The summed E-state index contributed by atoms with van der Waals surface area (Å²) >= 11 is 1.69. The molecule has 18 heavy (non-hydrogen) atoms. The highest BCUT2D eigenvalue weighted by Crippen LogP contribution is 2.37. The van der Waals surface area contributed by atoms with Crippen molar-refractivity contribution in [2.75, 3.05) is 18.0 Å². The predicted molar refractivity (Wildman–Crippen MR) is 77.4 cm³/mol. The highest BCUT2D eigenvalue weighted by Gasteiger charge is 2.24. The van der Waals surface area contributed by atoms with E-state index in [4.69, 9.17) is 4.98 Å². The standard InChI is InChI=1S/C14H24N2OS/c1-4-10(3)9-16(5-2)14-15-11-7-6-8-12(17)13(11)18-14/h10,12,17H,4-9H2,1-3H3. The van der Waals surface area contributed by atoms with Gasteiger partial charge in [0.05, 0.1) is 16.7 Å². The van der Waals surface area contributed by atoms with E-state index in [1.165, 1.54) is 6.42 Å². The molecule has 0 fully saturated rings. The summed E-state index contributed by atoms with van der Waals surface area (Å²) in [6, 6.07) is 0. The van der Waals surface area contributed by atoms with Crippen LogP contribution in [0.2, 0.25) is 0 Å². The number of nitrogens with zero attached hydrogens (tertiary/aromatic N) is 2. The lowest BCUT2D eigenvalue weighted by Crippen LogP contribution is -2.27. The predicted octanol–water partition coefficient (Wildman–Crippen LogP) is 3.39. The van der Waals surface area contributed by atoms with Gasteiger partial charge in [0.25, 0.3) is 0 Å². The molecule has 1 aliphatic carbocycles. The van der Waals surface area contributed by atoms with Gasteiger partial charge < -0.3 is 10.0 Å². The maximum absolute atomic E-state index is 10.0. The van der Waals surface area contributed by atoms with Gasteiger partial charge in [-0.2, -0.15) is 0 Å². The van der Waals surface area contributed by atoms with Crippen LogP contribution in [-0.4, -0.2) is 23.2 Å². The van der Waals surface area contributed by atoms with Crippen molar-refractivity contribution in [2.24, 2.45) is 5.92 Å². The molecule has 102 valence electrons. The Bertz CT molecular complexity index is 391. The molecule has 1 aliphatic rings. The van der Waals surface area contributed by atoms with Crippen molar-refractivity contribution in [3.05, 3.63) is 10.6 Å². The molecule has 1 aromatic rings. The first kappa shape index (κ1) is 13.8. The molecule has 0 amide bonds. The Balaban J connectivity index is 2.16. The highest BCUT2D eigenvalue weighted by atomic mass is 32.1. The summed E-state index contributed by atoms with van der Waals surface area (Å²) in [5, 5.41) is 11.1. The monoisotopic (exact) mass is 268 g/mol. The molecule has 1 heterocycles. The second-order valence-electron chi connectivity index (χ2n) is 5.27. The van der Waals surface area contributed by atoms with Crippen molar-refractivity contribution >= 4 is 16.5 Å². The average Bonchev–Trinajstić information content (AvgIpc) is 2.80. The van der Waals surface area contributed by atoms with Crippen LogP contribution in [0.5, 0.6) is 0 Å². The molecule has 2 rings (SSSR count). The molecule has 0 aliphatic heterocycles. The van der Waals surface area contributed by atoms with E-state index in [1.54, 1.807) is 11.3 Å². The third kappa shape index (κ3) is 2.86. The Hall–Kier alpha value is -0.610. The first-order valence-corrected chi connectivity index (χ1v) is 7.89. The minimum Gasteiger partial charge on any atom is -0.388 e. The van der Waals surface area contributed by atoms with Gasteiger partial charge >= 0.3 is 0 Å². The zero-order valence-electron chi connectivity index (χ0n) is 11.6. The van der Waals surface area contributed by atoms with Crippen LogP contribution in [0, 0.1) is 5.92 Å². The summed E-state index contributed by atoms with van der Waals surface area (Å²) in [7, 11) is 0. The van der Waals surface area contributed by atoms with Gasteiger partial charge in [-0.3, -0.25) is 0 Å². The maximum Gasteiger partial charge on any atom is 0.185 e. The van der Waals surface area contributed by atoms with Gasteiger partial charge in [-0.15, -0.1) is 0 Å². The summed E-state index contributed by atoms with van der Waals surface area (Å²) in [4.78, 5) is 8.21. The van der Waals surface area contributed by atoms with Gasteiger partial charge in [-0.1, -0.05) is 31.6 Å². The molecule has 0 saturated carbocycles. The summed E-state index contributed by atoms with van der Waals surface area (Å²) in [5.74, 6) is 0.691. The van der Waals surface area contributed by atoms with Crippen LogP contribution in [0.1, 0.15) is 56.7 Å². The molecule has 2 atom stereocenters. The zero-order valence-corrected chi connectivity index (χ0v) is 12.5. The number of aliphatic hydroxyl groups is 1. The minimum absolute atomic E-state index is 0.276. The van der Waals surface area contributed by atoms with Crippen molar-refractivity contribution in [3.63, 3.8) is 0 Å². The van der Waals surface area contributed by atoms with E-state index in [0.29, 0.717) is 5.92 Å². The van der Waals surface area contributed by atoms with Gasteiger partial charge in [0.15, 0.2) is 5.13 Å². The lowest BCUT2D eigenvalue weighted by molar-refractivity contribution is 0.160. The van der Waals surface area contributed by atoms with E-state index in [0.717, 1.165) is 48.1 Å². The highest BCUT2D eigenvalue weighted by molar-refractivity contribution is 7.15. The Morgan fingerprint density at radius 3 is 2.89 bits per heavy atom. The van der Waals surface area contributed by atoms with Crippen LogP contribution < -0.4 is 4.90 Å². The van der Waals surface area contributed by atoms with Crippen LogP contribution >= 0.6 is 11.3 Å². The fourth-order valence-electron chi connectivity index (χ4n) is 2.37. The summed E-state index contributed by atoms with van der Waals surface area (Å²) in [6.07, 6.45) is 3.91. The second kappa shape index (κ2) is 6.02.